The van der Waals surface area contributed by atoms with Crippen LogP contribution in [0, 0.1) is 0 Å². The maximum atomic E-state index is 12.4. The predicted molar refractivity (Wildman–Crippen MR) is 71.2 cm³/mol. The van der Waals surface area contributed by atoms with Crippen LogP contribution in [0.15, 0.2) is 30.7 Å². The number of carbonyl (C=O) groups is 1. The van der Waals surface area contributed by atoms with Crippen LogP contribution in [0.5, 0.6) is 0 Å². The van der Waals surface area contributed by atoms with Gasteiger partial charge in [-0.25, -0.2) is 4.68 Å². The third-order valence-electron chi connectivity index (χ3n) is 3.41. The van der Waals surface area contributed by atoms with E-state index in [0.29, 0.717) is 5.56 Å². The standard InChI is InChI=1S/C14H16N4O/c1-10(2)17-7-5-13-12(14(17)19)9-18(16-13)11-4-3-6-15-8-11/h3-4,6,8-10H,5,7H2,1-2H3. The van der Waals surface area contributed by atoms with Crippen molar-refractivity contribution in [3.05, 3.63) is 42.0 Å². The van der Waals surface area contributed by atoms with E-state index >= 15 is 0 Å². The molecule has 0 aliphatic carbocycles. The third-order valence-corrected chi connectivity index (χ3v) is 3.41. The van der Waals surface area contributed by atoms with Crippen LogP contribution in [0.2, 0.25) is 0 Å². The van der Waals surface area contributed by atoms with Gasteiger partial charge >= 0.3 is 0 Å². The molecule has 1 aliphatic rings. The highest BCUT2D eigenvalue weighted by molar-refractivity contribution is 5.96. The Morgan fingerprint density at radius 2 is 2.21 bits per heavy atom. The van der Waals surface area contributed by atoms with Crippen molar-refractivity contribution in [1.29, 1.82) is 0 Å². The molecule has 1 amide bonds. The number of fused-ring (bicyclic) bond motifs is 1. The molecule has 0 saturated carbocycles. The molecule has 0 atom stereocenters. The highest BCUT2D eigenvalue weighted by Gasteiger charge is 2.28. The van der Waals surface area contributed by atoms with Crippen LogP contribution in [0.4, 0.5) is 0 Å². The second-order valence-corrected chi connectivity index (χ2v) is 4.99. The first-order valence-corrected chi connectivity index (χ1v) is 6.46. The average Bonchev–Trinajstić information content (AvgIpc) is 2.85. The molecule has 3 heterocycles. The van der Waals surface area contributed by atoms with E-state index in [2.05, 4.69) is 10.1 Å². The molecule has 2 aromatic rings. The Hall–Kier alpha value is -2.17. The van der Waals surface area contributed by atoms with Crippen molar-refractivity contribution in [2.75, 3.05) is 6.54 Å². The van der Waals surface area contributed by atoms with Crippen molar-refractivity contribution >= 4 is 5.91 Å². The number of carbonyl (C=O) groups excluding carboxylic acids is 1. The second kappa shape index (κ2) is 4.50. The van der Waals surface area contributed by atoms with Crippen LogP contribution in [-0.4, -0.2) is 38.2 Å². The lowest BCUT2D eigenvalue weighted by atomic mass is 10.1. The number of nitrogens with zero attached hydrogens (tertiary/aromatic N) is 4. The first-order valence-electron chi connectivity index (χ1n) is 6.46. The summed E-state index contributed by atoms with van der Waals surface area (Å²) in [6, 6.07) is 4.01. The predicted octanol–water partition coefficient (Wildman–Crippen LogP) is 1.67. The molecule has 0 saturated heterocycles. The first kappa shape index (κ1) is 11.9. The Balaban J connectivity index is 1.99. The summed E-state index contributed by atoms with van der Waals surface area (Å²) in [5.41, 5.74) is 2.47. The number of rotatable bonds is 2. The van der Waals surface area contributed by atoms with E-state index in [9.17, 15) is 4.79 Å². The molecule has 19 heavy (non-hydrogen) atoms. The van der Waals surface area contributed by atoms with Crippen LogP contribution < -0.4 is 0 Å². The summed E-state index contributed by atoms with van der Waals surface area (Å²) >= 11 is 0. The van der Waals surface area contributed by atoms with E-state index in [1.807, 2.05) is 37.1 Å². The Labute approximate surface area is 111 Å². The van der Waals surface area contributed by atoms with E-state index in [1.165, 1.54) is 0 Å². The van der Waals surface area contributed by atoms with Crippen LogP contribution >= 0.6 is 0 Å². The molecule has 98 valence electrons. The van der Waals surface area contributed by atoms with Crippen LogP contribution in [0.3, 0.4) is 0 Å². The monoisotopic (exact) mass is 256 g/mol. The summed E-state index contributed by atoms with van der Waals surface area (Å²) < 4.78 is 1.74. The summed E-state index contributed by atoms with van der Waals surface area (Å²) in [5, 5.41) is 4.49. The van der Waals surface area contributed by atoms with Crippen LogP contribution in [-0.2, 0) is 6.42 Å². The molecule has 3 rings (SSSR count). The zero-order valence-electron chi connectivity index (χ0n) is 11.1. The molecule has 1 aliphatic heterocycles. The summed E-state index contributed by atoms with van der Waals surface area (Å²) in [6.45, 7) is 4.82. The smallest absolute Gasteiger partial charge is 0.257 e. The first-order chi connectivity index (χ1) is 9.16. The lowest BCUT2D eigenvalue weighted by Crippen LogP contribution is -2.41. The summed E-state index contributed by atoms with van der Waals surface area (Å²) in [4.78, 5) is 18.3. The van der Waals surface area contributed by atoms with Gasteiger partial charge in [-0.2, -0.15) is 5.10 Å². The topological polar surface area (TPSA) is 51.0 Å². The van der Waals surface area contributed by atoms with Gasteiger partial charge in [0.25, 0.3) is 5.91 Å². The highest BCUT2D eigenvalue weighted by atomic mass is 16.2. The quantitative estimate of drug-likeness (QED) is 0.821. The Kier molecular flexibility index (Phi) is 2.81. The molecule has 0 fully saturated rings. The molecule has 0 N–H and O–H groups in total. The Bertz CT molecular complexity index is 603. The van der Waals surface area contributed by atoms with Gasteiger partial charge in [0.15, 0.2) is 0 Å². The zero-order chi connectivity index (χ0) is 13.4. The fraction of sp³-hybridized carbons (Fsp3) is 0.357. The molecule has 2 aromatic heterocycles. The van der Waals surface area contributed by atoms with Gasteiger partial charge in [0.2, 0.25) is 0 Å². The molecule has 0 spiro atoms. The summed E-state index contributed by atoms with van der Waals surface area (Å²) in [6.07, 6.45) is 6.08. The fourth-order valence-corrected chi connectivity index (χ4v) is 2.37. The number of amides is 1. The van der Waals surface area contributed by atoms with Gasteiger partial charge in [0.05, 0.1) is 23.1 Å². The van der Waals surface area contributed by atoms with Crippen molar-refractivity contribution in [2.45, 2.75) is 26.3 Å². The minimum atomic E-state index is 0.0754. The van der Waals surface area contributed by atoms with Crippen molar-refractivity contribution in [2.24, 2.45) is 0 Å². The largest absolute Gasteiger partial charge is 0.336 e. The van der Waals surface area contributed by atoms with E-state index in [0.717, 1.165) is 24.3 Å². The molecule has 0 unspecified atom stereocenters. The number of hydrogen-bond acceptors (Lipinski definition) is 3. The minimum Gasteiger partial charge on any atom is -0.336 e. The summed E-state index contributed by atoms with van der Waals surface area (Å²) in [5.74, 6) is 0.0754. The van der Waals surface area contributed by atoms with Gasteiger partial charge in [0, 0.05) is 31.4 Å². The Morgan fingerprint density at radius 3 is 2.89 bits per heavy atom. The van der Waals surface area contributed by atoms with Crippen molar-refractivity contribution in [3.63, 3.8) is 0 Å². The van der Waals surface area contributed by atoms with Crippen LogP contribution in [0.25, 0.3) is 5.69 Å². The van der Waals surface area contributed by atoms with E-state index in [1.54, 1.807) is 17.1 Å². The SMILES string of the molecule is CC(C)N1CCc2nn(-c3cccnc3)cc2C1=O. The van der Waals surface area contributed by atoms with E-state index in [4.69, 9.17) is 0 Å². The van der Waals surface area contributed by atoms with Crippen molar-refractivity contribution in [1.82, 2.24) is 19.7 Å². The molecule has 5 nitrogen and oxygen atoms in total. The lowest BCUT2D eigenvalue weighted by molar-refractivity contribution is 0.0688. The maximum absolute atomic E-state index is 12.4. The number of aromatic nitrogens is 3. The molecular weight excluding hydrogens is 240 g/mol. The van der Waals surface area contributed by atoms with Gasteiger partial charge < -0.3 is 4.90 Å². The fourth-order valence-electron chi connectivity index (χ4n) is 2.37. The minimum absolute atomic E-state index is 0.0754. The van der Waals surface area contributed by atoms with Crippen molar-refractivity contribution in [3.8, 4) is 5.69 Å². The number of hydrogen-bond donors (Lipinski definition) is 0. The molecule has 0 radical (unpaired) electrons. The normalized spacial score (nSPS) is 14.9. The summed E-state index contributed by atoms with van der Waals surface area (Å²) in [7, 11) is 0. The maximum Gasteiger partial charge on any atom is 0.257 e. The van der Waals surface area contributed by atoms with Gasteiger partial charge in [-0.05, 0) is 26.0 Å². The molecule has 0 bridgehead atoms. The molecular formula is C14H16N4O. The highest BCUT2D eigenvalue weighted by Crippen LogP contribution is 2.20. The average molecular weight is 256 g/mol. The van der Waals surface area contributed by atoms with Gasteiger partial charge in [-0.15, -0.1) is 0 Å². The third kappa shape index (κ3) is 2.01. The van der Waals surface area contributed by atoms with Gasteiger partial charge in [0.1, 0.15) is 0 Å². The molecule has 5 heteroatoms. The van der Waals surface area contributed by atoms with Gasteiger partial charge in [-0.3, -0.25) is 9.78 Å². The van der Waals surface area contributed by atoms with E-state index in [-0.39, 0.29) is 11.9 Å². The Morgan fingerprint density at radius 1 is 1.37 bits per heavy atom. The molecule has 0 aromatic carbocycles. The van der Waals surface area contributed by atoms with Crippen molar-refractivity contribution < 1.29 is 4.79 Å². The number of pyridine rings is 1. The lowest BCUT2D eigenvalue weighted by Gasteiger charge is -2.29. The van der Waals surface area contributed by atoms with Gasteiger partial charge in [-0.1, -0.05) is 0 Å². The van der Waals surface area contributed by atoms with Crippen LogP contribution in [0.1, 0.15) is 29.9 Å². The second-order valence-electron chi connectivity index (χ2n) is 4.99. The zero-order valence-corrected chi connectivity index (χ0v) is 11.1. The van der Waals surface area contributed by atoms with E-state index < -0.39 is 0 Å².